The van der Waals surface area contributed by atoms with Crippen LogP contribution in [0.2, 0.25) is 0 Å². The summed E-state index contributed by atoms with van der Waals surface area (Å²) in [5.41, 5.74) is 3.78. The molecule has 1 N–H and O–H groups in total. The molecule has 0 radical (unpaired) electrons. The fourth-order valence-electron chi connectivity index (χ4n) is 2.01. The Kier molecular flexibility index (Phi) is 9.66. The Labute approximate surface area is 145 Å². The summed E-state index contributed by atoms with van der Waals surface area (Å²) in [5.74, 6) is 0.896. The Bertz CT molecular complexity index is 527. The Morgan fingerprint density at radius 3 is 1.68 bits per heavy atom. The van der Waals surface area contributed by atoms with Crippen molar-refractivity contribution in [3.63, 3.8) is 0 Å². The minimum absolute atomic E-state index is 0. The second kappa shape index (κ2) is 10.3. The summed E-state index contributed by atoms with van der Waals surface area (Å²) in [6.07, 6.45) is 0. The molecule has 5 heteroatoms. The van der Waals surface area contributed by atoms with Gasteiger partial charge in [-0.25, -0.2) is 0 Å². The van der Waals surface area contributed by atoms with Crippen molar-refractivity contribution in [2.24, 2.45) is 0 Å². The first-order chi connectivity index (χ1) is 9.69. The first kappa shape index (κ1) is 20.6. The number of benzene rings is 2. The van der Waals surface area contributed by atoms with Crippen molar-refractivity contribution in [3.05, 3.63) is 59.7 Å². The number of halogens is 2. The molecule has 22 heavy (non-hydrogen) atoms. The Hall–Kier alpha value is -1.42. The van der Waals surface area contributed by atoms with Crippen molar-refractivity contribution < 1.29 is 4.74 Å². The van der Waals surface area contributed by atoms with Gasteiger partial charge < -0.3 is 15.0 Å². The van der Waals surface area contributed by atoms with Gasteiger partial charge in [0.05, 0.1) is 7.11 Å². The molecular formula is C17H24Cl2N2O. The highest BCUT2D eigenvalue weighted by molar-refractivity contribution is 5.85. The Morgan fingerprint density at radius 1 is 0.818 bits per heavy atom. The second-order valence-electron chi connectivity index (χ2n) is 5.01. The van der Waals surface area contributed by atoms with E-state index in [1.807, 2.05) is 12.1 Å². The van der Waals surface area contributed by atoms with E-state index in [0.717, 1.165) is 18.8 Å². The van der Waals surface area contributed by atoms with Gasteiger partial charge in [-0.15, -0.1) is 24.8 Å². The molecule has 0 aliphatic heterocycles. The summed E-state index contributed by atoms with van der Waals surface area (Å²) in [6, 6.07) is 16.8. The molecule has 0 amide bonds. The van der Waals surface area contributed by atoms with E-state index in [-0.39, 0.29) is 24.8 Å². The van der Waals surface area contributed by atoms with Crippen LogP contribution in [0.5, 0.6) is 5.75 Å². The maximum absolute atomic E-state index is 5.15. The van der Waals surface area contributed by atoms with Gasteiger partial charge in [-0.3, -0.25) is 0 Å². The van der Waals surface area contributed by atoms with Gasteiger partial charge in [0.2, 0.25) is 0 Å². The van der Waals surface area contributed by atoms with Gasteiger partial charge in [-0.2, -0.15) is 0 Å². The first-order valence-corrected chi connectivity index (χ1v) is 6.79. The van der Waals surface area contributed by atoms with Crippen LogP contribution in [0.4, 0.5) is 5.69 Å². The summed E-state index contributed by atoms with van der Waals surface area (Å²) in [5, 5.41) is 3.45. The van der Waals surface area contributed by atoms with Crippen molar-refractivity contribution in [2.75, 3.05) is 26.1 Å². The summed E-state index contributed by atoms with van der Waals surface area (Å²) >= 11 is 0. The van der Waals surface area contributed by atoms with E-state index in [4.69, 9.17) is 4.74 Å². The maximum atomic E-state index is 5.15. The number of hydrogen-bond acceptors (Lipinski definition) is 3. The number of methoxy groups -OCH3 is 1. The van der Waals surface area contributed by atoms with E-state index in [0.29, 0.717) is 0 Å². The van der Waals surface area contributed by atoms with E-state index in [9.17, 15) is 0 Å². The van der Waals surface area contributed by atoms with Crippen molar-refractivity contribution in [1.82, 2.24) is 5.32 Å². The monoisotopic (exact) mass is 342 g/mol. The number of ether oxygens (including phenoxy) is 1. The number of nitrogens with one attached hydrogen (secondary N) is 1. The molecule has 0 saturated heterocycles. The van der Waals surface area contributed by atoms with Crippen LogP contribution in [0.25, 0.3) is 0 Å². The molecule has 0 saturated carbocycles. The molecule has 0 aliphatic carbocycles. The van der Waals surface area contributed by atoms with Crippen LogP contribution in [-0.2, 0) is 13.1 Å². The van der Waals surface area contributed by atoms with Gasteiger partial charge in [0.1, 0.15) is 5.75 Å². The molecule has 0 heterocycles. The molecule has 122 valence electrons. The summed E-state index contributed by atoms with van der Waals surface area (Å²) in [4.78, 5) is 2.11. The van der Waals surface area contributed by atoms with E-state index in [1.165, 1.54) is 16.8 Å². The predicted octanol–water partition coefficient (Wildman–Crippen LogP) is 3.89. The lowest BCUT2D eigenvalue weighted by Gasteiger charge is -2.13. The SMILES string of the molecule is COc1ccc(CNCc2ccc(N(C)C)cc2)cc1.Cl.Cl. The quantitative estimate of drug-likeness (QED) is 0.861. The van der Waals surface area contributed by atoms with Gasteiger partial charge in [0.15, 0.2) is 0 Å². The zero-order chi connectivity index (χ0) is 14.4. The van der Waals surface area contributed by atoms with Crippen molar-refractivity contribution in [3.8, 4) is 5.75 Å². The van der Waals surface area contributed by atoms with Crippen LogP contribution in [0.15, 0.2) is 48.5 Å². The van der Waals surface area contributed by atoms with Crippen LogP contribution in [0.1, 0.15) is 11.1 Å². The largest absolute Gasteiger partial charge is 0.497 e. The third kappa shape index (κ3) is 6.14. The van der Waals surface area contributed by atoms with Gasteiger partial charge in [0.25, 0.3) is 0 Å². The lowest BCUT2D eigenvalue weighted by molar-refractivity contribution is 0.414. The van der Waals surface area contributed by atoms with Gasteiger partial charge >= 0.3 is 0 Å². The lowest BCUT2D eigenvalue weighted by Crippen LogP contribution is -2.13. The highest BCUT2D eigenvalue weighted by Crippen LogP contribution is 2.13. The summed E-state index contributed by atoms with van der Waals surface area (Å²) in [7, 11) is 5.79. The molecule has 0 aromatic heterocycles. The van der Waals surface area contributed by atoms with Gasteiger partial charge in [0, 0.05) is 32.9 Å². The number of hydrogen-bond donors (Lipinski definition) is 1. The highest BCUT2D eigenvalue weighted by atomic mass is 35.5. The predicted molar refractivity (Wildman–Crippen MR) is 98.8 cm³/mol. The minimum atomic E-state index is 0. The number of nitrogens with zero attached hydrogens (tertiary/aromatic N) is 1. The standard InChI is InChI=1S/C17H22N2O.2ClH/c1-19(2)16-8-4-14(5-9-16)12-18-13-15-6-10-17(20-3)11-7-15;;/h4-11,18H,12-13H2,1-3H3;2*1H. The molecular weight excluding hydrogens is 319 g/mol. The van der Waals surface area contributed by atoms with E-state index in [2.05, 4.69) is 60.7 Å². The van der Waals surface area contributed by atoms with Crippen LogP contribution >= 0.6 is 24.8 Å². The Balaban J connectivity index is 0.00000220. The van der Waals surface area contributed by atoms with Crippen LogP contribution in [0.3, 0.4) is 0 Å². The number of rotatable bonds is 6. The molecule has 2 aromatic rings. The average Bonchev–Trinajstić information content (AvgIpc) is 2.48. The molecule has 2 rings (SSSR count). The molecule has 2 aromatic carbocycles. The van der Waals surface area contributed by atoms with Crippen LogP contribution in [0, 0.1) is 0 Å². The average molecular weight is 343 g/mol. The molecule has 0 spiro atoms. The van der Waals surface area contributed by atoms with E-state index < -0.39 is 0 Å². The van der Waals surface area contributed by atoms with Crippen LogP contribution < -0.4 is 15.0 Å². The van der Waals surface area contributed by atoms with E-state index in [1.54, 1.807) is 7.11 Å². The lowest BCUT2D eigenvalue weighted by atomic mass is 10.2. The maximum Gasteiger partial charge on any atom is 0.118 e. The van der Waals surface area contributed by atoms with Crippen molar-refractivity contribution >= 4 is 30.5 Å². The van der Waals surface area contributed by atoms with Crippen LogP contribution in [-0.4, -0.2) is 21.2 Å². The fraction of sp³-hybridized carbons (Fsp3) is 0.294. The third-order valence-electron chi connectivity index (χ3n) is 3.27. The smallest absolute Gasteiger partial charge is 0.118 e. The van der Waals surface area contributed by atoms with Gasteiger partial charge in [-0.05, 0) is 35.4 Å². The van der Waals surface area contributed by atoms with Crippen molar-refractivity contribution in [2.45, 2.75) is 13.1 Å². The normalized spacial score (nSPS) is 9.41. The molecule has 0 atom stereocenters. The minimum Gasteiger partial charge on any atom is -0.497 e. The molecule has 3 nitrogen and oxygen atoms in total. The highest BCUT2D eigenvalue weighted by Gasteiger charge is 1.97. The van der Waals surface area contributed by atoms with Gasteiger partial charge in [-0.1, -0.05) is 24.3 Å². The molecule has 0 fully saturated rings. The first-order valence-electron chi connectivity index (χ1n) is 6.79. The number of anilines is 1. The topological polar surface area (TPSA) is 24.5 Å². The molecule has 0 unspecified atom stereocenters. The Morgan fingerprint density at radius 2 is 1.27 bits per heavy atom. The summed E-state index contributed by atoms with van der Waals surface area (Å²) < 4.78 is 5.15. The zero-order valence-corrected chi connectivity index (χ0v) is 14.8. The third-order valence-corrected chi connectivity index (χ3v) is 3.27. The molecule has 0 aliphatic rings. The summed E-state index contributed by atoms with van der Waals surface area (Å²) in [6.45, 7) is 1.74. The van der Waals surface area contributed by atoms with E-state index >= 15 is 0 Å². The fourth-order valence-corrected chi connectivity index (χ4v) is 2.01. The zero-order valence-electron chi connectivity index (χ0n) is 13.2. The molecule has 0 bridgehead atoms. The van der Waals surface area contributed by atoms with Crippen molar-refractivity contribution in [1.29, 1.82) is 0 Å². The second-order valence-corrected chi connectivity index (χ2v) is 5.01.